The molecule has 5 atom stereocenters. The number of carbonyl (C=O) groups excluding carboxylic acids is 3. The Morgan fingerprint density at radius 1 is 1.00 bits per heavy atom. The van der Waals surface area contributed by atoms with E-state index in [1.807, 2.05) is 24.3 Å². The van der Waals surface area contributed by atoms with E-state index in [9.17, 15) is 29.1 Å². The van der Waals surface area contributed by atoms with E-state index in [1.165, 1.54) is 0 Å². The standard InChI is InChI=1S/C24H33N5O7S/c1-3-12(2)20(23(34)28-18(24(35)36)9-19(30)31)29-22(33)17(27-21(32)15(25)11-37)8-13-10-26-16-7-5-4-6-14(13)16/h4-7,10,12,15,17-18,20,26,37H,3,8-9,11,25H2,1-2H3,(H,27,32)(H,28,34)(H,29,33)(H,30,31)(H,35,36). The molecule has 0 aliphatic rings. The van der Waals surface area contributed by atoms with Crippen molar-refractivity contribution in [1.82, 2.24) is 20.9 Å². The molecule has 1 aromatic carbocycles. The van der Waals surface area contributed by atoms with Gasteiger partial charge in [-0.05, 0) is 17.5 Å². The number of thiol groups is 1. The summed E-state index contributed by atoms with van der Waals surface area (Å²) in [5, 5.41) is 26.5. The molecule has 3 amide bonds. The quantitative estimate of drug-likeness (QED) is 0.155. The molecule has 0 aliphatic heterocycles. The van der Waals surface area contributed by atoms with Gasteiger partial charge in [-0.3, -0.25) is 19.2 Å². The lowest BCUT2D eigenvalue weighted by atomic mass is 9.96. The van der Waals surface area contributed by atoms with Crippen LogP contribution >= 0.6 is 12.6 Å². The number of fused-ring (bicyclic) bond motifs is 1. The second kappa shape index (κ2) is 13.7. The maximum Gasteiger partial charge on any atom is 0.326 e. The van der Waals surface area contributed by atoms with E-state index in [-0.39, 0.29) is 12.2 Å². The normalized spacial score (nSPS) is 15.1. The summed E-state index contributed by atoms with van der Waals surface area (Å²) in [4.78, 5) is 64.4. The third-order valence-corrected chi connectivity index (χ3v) is 6.45. The summed E-state index contributed by atoms with van der Waals surface area (Å²) in [5.41, 5.74) is 7.36. The first kappa shape index (κ1) is 29.6. The molecule has 2 rings (SSSR count). The molecule has 12 nitrogen and oxygen atoms in total. The molecule has 0 saturated carbocycles. The number of hydrogen-bond donors (Lipinski definition) is 8. The fourth-order valence-corrected chi connectivity index (χ4v) is 3.85. The number of aliphatic carboxylic acids is 2. The van der Waals surface area contributed by atoms with E-state index < -0.39 is 66.2 Å². The van der Waals surface area contributed by atoms with Gasteiger partial charge >= 0.3 is 11.9 Å². The molecule has 2 aromatic rings. The first-order valence-corrected chi connectivity index (χ1v) is 12.4. The molecule has 0 saturated heterocycles. The lowest BCUT2D eigenvalue weighted by Crippen LogP contribution is -2.59. The lowest BCUT2D eigenvalue weighted by Gasteiger charge is -2.28. The summed E-state index contributed by atoms with van der Waals surface area (Å²) >= 11 is 4.03. The number of benzene rings is 1. The topological polar surface area (TPSA) is 204 Å². The van der Waals surface area contributed by atoms with E-state index in [0.29, 0.717) is 6.42 Å². The Morgan fingerprint density at radius 2 is 1.65 bits per heavy atom. The molecule has 13 heteroatoms. The zero-order valence-electron chi connectivity index (χ0n) is 20.6. The minimum atomic E-state index is -1.68. The molecule has 202 valence electrons. The zero-order valence-corrected chi connectivity index (χ0v) is 21.5. The number of nitrogens with two attached hydrogens (primary N) is 1. The van der Waals surface area contributed by atoms with Crippen LogP contribution < -0.4 is 21.7 Å². The van der Waals surface area contributed by atoms with Crippen molar-refractivity contribution < 1.29 is 34.2 Å². The van der Waals surface area contributed by atoms with Crippen molar-refractivity contribution in [3.8, 4) is 0 Å². The Balaban J connectivity index is 2.31. The highest BCUT2D eigenvalue weighted by molar-refractivity contribution is 7.80. The highest BCUT2D eigenvalue weighted by Crippen LogP contribution is 2.19. The SMILES string of the molecule is CCC(C)C(NC(=O)C(Cc1c[nH]c2ccccc12)NC(=O)C(N)CS)C(=O)NC(CC(=O)O)C(=O)O. The maximum atomic E-state index is 13.4. The van der Waals surface area contributed by atoms with Gasteiger partial charge in [-0.2, -0.15) is 12.6 Å². The predicted octanol–water partition coefficient (Wildman–Crippen LogP) is 0.0273. The predicted molar refractivity (Wildman–Crippen MR) is 139 cm³/mol. The summed E-state index contributed by atoms with van der Waals surface area (Å²) in [6.45, 7) is 3.46. The van der Waals surface area contributed by atoms with E-state index in [4.69, 9.17) is 10.8 Å². The molecule has 0 aliphatic carbocycles. The van der Waals surface area contributed by atoms with E-state index in [2.05, 4.69) is 33.6 Å². The van der Waals surface area contributed by atoms with Crippen LogP contribution in [0.15, 0.2) is 30.5 Å². The van der Waals surface area contributed by atoms with Crippen molar-refractivity contribution in [1.29, 1.82) is 0 Å². The smallest absolute Gasteiger partial charge is 0.326 e. The van der Waals surface area contributed by atoms with Gasteiger partial charge in [-0.15, -0.1) is 0 Å². The van der Waals surface area contributed by atoms with E-state index in [0.717, 1.165) is 16.5 Å². The number of aromatic amines is 1. The molecule has 37 heavy (non-hydrogen) atoms. The van der Waals surface area contributed by atoms with Gasteiger partial charge in [0.2, 0.25) is 17.7 Å². The minimum absolute atomic E-state index is 0.0469. The fraction of sp³-hybridized carbons (Fsp3) is 0.458. The molecule has 1 heterocycles. The number of carbonyl (C=O) groups is 5. The monoisotopic (exact) mass is 535 g/mol. The van der Waals surface area contributed by atoms with Crippen molar-refractivity contribution in [3.05, 3.63) is 36.0 Å². The maximum absolute atomic E-state index is 13.4. The number of carboxylic acid groups (broad SMARTS) is 2. The van der Waals surface area contributed by atoms with Crippen molar-refractivity contribution in [2.45, 2.75) is 57.3 Å². The Bertz CT molecular complexity index is 1140. The Morgan fingerprint density at radius 3 is 2.24 bits per heavy atom. The minimum Gasteiger partial charge on any atom is -0.481 e. The number of para-hydroxylation sites is 1. The van der Waals surface area contributed by atoms with Gasteiger partial charge in [0.1, 0.15) is 18.1 Å². The second-order valence-corrected chi connectivity index (χ2v) is 9.15. The number of hydrogen-bond acceptors (Lipinski definition) is 7. The van der Waals surface area contributed by atoms with Gasteiger partial charge in [0, 0.05) is 29.3 Å². The molecule has 0 spiro atoms. The molecular weight excluding hydrogens is 502 g/mol. The summed E-state index contributed by atoms with van der Waals surface area (Å²) in [6.07, 6.45) is 1.41. The Labute approximate surface area is 219 Å². The van der Waals surface area contributed by atoms with Gasteiger partial charge in [0.15, 0.2) is 0 Å². The van der Waals surface area contributed by atoms with Crippen molar-refractivity contribution in [2.75, 3.05) is 5.75 Å². The largest absolute Gasteiger partial charge is 0.481 e. The first-order valence-electron chi connectivity index (χ1n) is 11.8. The van der Waals surface area contributed by atoms with Gasteiger partial charge in [0.25, 0.3) is 0 Å². The third kappa shape index (κ3) is 8.22. The van der Waals surface area contributed by atoms with Crippen molar-refractivity contribution in [2.24, 2.45) is 11.7 Å². The number of nitrogens with one attached hydrogen (secondary N) is 4. The van der Waals surface area contributed by atoms with Crippen LogP contribution in [0, 0.1) is 5.92 Å². The average molecular weight is 536 g/mol. The van der Waals surface area contributed by atoms with Crippen LogP contribution in [-0.2, 0) is 30.4 Å². The van der Waals surface area contributed by atoms with Crippen LogP contribution in [0.2, 0.25) is 0 Å². The van der Waals surface area contributed by atoms with Crippen LogP contribution in [0.1, 0.15) is 32.3 Å². The van der Waals surface area contributed by atoms with E-state index >= 15 is 0 Å². The average Bonchev–Trinajstić information content (AvgIpc) is 3.27. The second-order valence-electron chi connectivity index (χ2n) is 8.78. The Hall–Kier alpha value is -3.58. The number of carboxylic acids is 2. The summed E-state index contributed by atoms with van der Waals surface area (Å²) in [7, 11) is 0. The molecule has 8 N–H and O–H groups in total. The summed E-state index contributed by atoms with van der Waals surface area (Å²) in [6, 6.07) is 2.46. The molecular formula is C24H33N5O7S. The zero-order chi connectivity index (χ0) is 27.7. The highest BCUT2D eigenvalue weighted by Gasteiger charge is 2.33. The van der Waals surface area contributed by atoms with Gasteiger partial charge in [0.05, 0.1) is 12.5 Å². The number of H-pyrrole nitrogens is 1. The molecule has 5 unspecified atom stereocenters. The van der Waals surface area contributed by atoms with Crippen molar-refractivity contribution in [3.63, 3.8) is 0 Å². The lowest BCUT2D eigenvalue weighted by molar-refractivity contribution is -0.147. The fourth-order valence-electron chi connectivity index (χ4n) is 3.68. The van der Waals surface area contributed by atoms with Crippen LogP contribution in [0.3, 0.4) is 0 Å². The van der Waals surface area contributed by atoms with Crippen LogP contribution in [0.4, 0.5) is 0 Å². The number of rotatable bonds is 14. The van der Waals surface area contributed by atoms with Gasteiger partial charge in [-0.1, -0.05) is 38.5 Å². The first-order chi connectivity index (χ1) is 17.5. The molecule has 0 fully saturated rings. The Kier molecular flexibility index (Phi) is 10.9. The van der Waals surface area contributed by atoms with Crippen molar-refractivity contribution >= 4 is 53.2 Å². The number of amides is 3. The van der Waals surface area contributed by atoms with E-state index in [1.54, 1.807) is 20.0 Å². The van der Waals surface area contributed by atoms with Gasteiger partial charge in [-0.25, -0.2) is 4.79 Å². The van der Waals surface area contributed by atoms with Crippen LogP contribution in [0.5, 0.6) is 0 Å². The van der Waals surface area contributed by atoms with Gasteiger partial charge < -0.3 is 36.9 Å². The molecule has 0 bridgehead atoms. The molecule has 1 aromatic heterocycles. The van der Waals surface area contributed by atoms with Crippen LogP contribution in [-0.4, -0.2) is 74.8 Å². The summed E-state index contributed by atoms with van der Waals surface area (Å²) < 4.78 is 0. The summed E-state index contributed by atoms with van der Waals surface area (Å²) in [5.74, 6) is -5.45. The third-order valence-electron chi connectivity index (χ3n) is 6.05. The molecule has 0 radical (unpaired) electrons. The highest BCUT2D eigenvalue weighted by atomic mass is 32.1. The van der Waals surface area contributed by atoms with Crippen LogP contribution in [0.25, 0.3) is 10.9 Å². The number of aromatic nitrogens is 1.